The number of hydrogen-bond donors (Lipinski definition) is 0. The zero-order valence-electron chi connectivity index (χ0n) is 13.1. The second-order valence-electron chi connectivity index (χ2n) is 5.55. The third-order valence-corrected chi connectivity index (χ3v) is 4.30. The quantitative estimate of drug-likeness (QED) is 0.390. The molecule has 0 bridgehead atoms. The van der Waals surface area contributed by atoms with Crippen LogP contribution in [-0.4, -0.2) is 0 Å². The van der Waals surface area contributed by atoms with Crippen molar-refractivity contribution < 1.29 is 18.9 Å². The fraction of sp³-hybridized carbons (Fsp3) is 0.0952. The van der Waals surface area contributed by atoms with E-state index in [1.54, 1.807) is 0 Å². The summed E-state index contributed by atoms with van der Waals surface area (Å²) in [6.07, 6.45) is 1.09. The Kier molecular flexibility index (Phi) is 4.16. The summed E-state index contributed by atoms with van der Waals surface area (Å²) < 4.78 is 0. The minimum Gasteiger partial charge on any atom is -0.164 e. The fourth-order valence-electron chi connectivity index (χ4n) is 3.20. The Hall–Kier alpha value is -1.87. The molecular weight excluding hydrogens is 259 g/mol. The van der Waals surface area contributed by atoms with Crippen LogP contribution in [0, 0.1) is 0 Å². The van der Waals surface area contributed by atoms with Crippen LogP contribution in [0.4, 0.5) is 0 Å². The van der Waals surface area contributed by atoms with Crippen molar-refractivity contribution in [2.75, 3.05) is 0 Å². The predicted octanol–water partition coefficient (Wildman–Crippen LogP) is 2.95. The van der Waals surface area contributed by atoms with E-state index in [0.717, 1.165) is 6.42 Å². The van der Waals surface area contributed by atoms with Crippen LogP contribution < -0.4 is 18.9 Å². The summed E-state index contributed by atoms with van der Waals surface area (Å²) in [6, 6.07) is 26.5. The standard InChI is InChI=1S/C21H17.Li/c1-2-15-13-17-9-6-12-20(21(17)14-15)19-11-5-8-16-7-3-4-10-18(16)19;/h3-14H,2H2,1H3;/q-1;+1. The maximum Gasteiger partial charge on any atom is 1.00 e. The van der Waals surface area contributed by atoms with Crippen LogP contribution in [0.25, 0.3) is 32.7 Å². The molecule has 0 aliphatic rings. The zero-order valence-corrected chi connectivity index (χ0v) is 13.1. The van der Waals surface area contributed by atoms with Gasteiger partial charge in [0.1, 0.15) is 0 Å². The van der Waals surface area contributed by atoms with Gasteiger partial charge in [-0.25, -0.2) is 0 Å². The van der Waals surface area contributed by atoms with Gasteiger partial charge in [-0.05, 0) is 22.8 Å². The Morgan fingerprint density at radius 3 is 2.27 bits per heavy atom. The number of fused-ring (bicyclic) bond motifs is 2. The Balaban J connectivity index is 0.00000144. The Morgan fingerprint density at radius 1 is 0.773 bits per heavy atom. The van der Waals surface area contributed by atoms with Gasteiger partial charge in [-0.1, -0.05) is 61.0 Å². The van der Waals surface area contributed by atoms with Crippen LogP contribution in [0.5, 0.6) is 0 Å². The molecule has 0 radical (unpaired) electrons. The molecule has 22 heavy (non-hydrogen) atoms. The molecule has 0 fully saturated rings. The van der Waals surface area contributed by atoms with Gasteiger partial charge in [-0.3, -0.25) is 0 Å². The summed E-state index contributed by atoms with van der Waals surface area (Å²) in [5.41, 5.74) is 4.08. The monoisotopic (exact) mass is 276 g/mol. The van der Waals surface area contributed by atoms with Gasteiger partial charge < -0.3 is 0 Å². The number of hydrogen-bond acceptors (Lipinski definition) is 0. The van der Waals surface area contributed by atoms with Gasteiger partial charge in [0.15, 0.2) is 0 Å². The van der Waals surface area contributed by atoms with Crippen molar-refractivity contribution in [3.05, 3.63) is 78.4 Å². The molecule has 4 aromatic rings. The number of benzene rings is 3. The molecule has 0 aromatic heterocycles. The average Bonchev–Trinajstić information content (AvgIpc) is 2.97. The third-order valence-electron chi connectivity index (χ3n) is 4.30. The first-order chi connectivity index (χ1) is 10.4. The molecule has 0 spiro atoms. The van der Waals surface area contributed by atoms with E-state index >= 15 is 0 Å². The van der Waals surface area contributed by atoms with Gasteiger partial charge in [0.25, 0.3) is 0 Å². The summed E-state index contributed by atoms with van der Waals surface area (Å²) in [7, 11) is 0. The molecule has 102 valence electrons. The maximum atomic E-state index is 2.34. The van der Waals surface area contributed by atoms with E-state index in [4.69, 9.17) is 0 Å². The van der Waals surface area contributed by atoms with Gasteiger partial charge in [0.2, 0.25) is 0 Å². The van der Waals surface area contributed by atoms with Gasteiger partial charge in [0.05, 0.1) is 0 Å². The molecule has 0 saturated heterocycles. The molecule has 0 atom stereocenters. The Bertz CT molecular complexity index is 926. The molecule has 0 nitrogen and oxygen atoms in total. The molecule has 0 aliphatic carbocycles. The van der Waals surface area contributed by atoms with E-state index in [9.17, 15) is 0 Å². The van der Waals surface area contributed by atoms with Gasteiger partial charge in [-0.2, -0.15) is 6.07 Å². The molecule has 4 aromatic carbocycles. The second kappa shape index (κ2) is 6.09. The third kappa shape index (κ3) is 2.39. The normalized spacial score (nSPS) is 10.8. The molecule has 0 N–H and O–H groups in total. The molecule has 0 heterocycles. The number of rotatable bonds is 2. The zero-order chi connectivity index (χ0) is 14.2. The van der Waals surface area contributed by atoms with Crippen LogP contribution in [0.1, 0.15) is 12.5 Å². The van der Waals surface area contributed by atoms with Crippen LogP contribution in [0.3, 0.4) is 0 Å². The first-order valence-corrected chi connectivity index (χ1v) is 7.53. The van der Waals surface area contributed by atoms with Crippen molar-refractivity contribution in [1.29, 1.82) is 0 Å². The summed E-state index contributed by atoms with van der Waals surface area (Å²) in [4.78, 5) is 0. The SMILES string of the molecule is CCc1cc2c(-c3cccc4ccccc34)cccc2[cH-]1.[Li+]. The predicted molar refractivity (Wildman–Crippen MR) is 91.9 cm³/mol. The molecule has 4 rings (SSSR count). The van der Waals surface area contributed by atoms with Crippen molar-refractivity contribution in [1.82, 2.24) is 0 Å². The van der Waals surface area contributed by atoms with E-state index < -0.39 is 0 Å². The van der Waals surface area contributed by atoms with E-state index in [2.05, 4.69) is 79.7 Å². The molecular formula is C21H17Li. The molecule has 0 saturated carbocycles. The minimum absolute atomic E-state index is 0. The van der Waals surface area contributed by atoms with E-state index in [1.807, 2.05) is 0 Å². The molecule has 0 unspecified atom stereocenters. The summed E-state index contributed by atoms with van der Waals surface area (Å²) in [5, 5.41) is 5.34. The maximum absolute atomic E-state index is 2.34. The van der Waals surface area contributed by atoms with Crippen molar-refractivity contribution in [2.45, 2.75) is 13.3 Å². The van der Waals surface area contributed by atoms with Gasteiger partial charge >= 0.3 is 18.9 Å². The first kappa shape index (κ1) is 15.0. The van der Waals surface area contributed by atoms with Crippen molar-refractivity contribution in [2.24, 2.45) is 0 Å². The van der Waals surface area contributed by atoms with Crippen LogP contribution in [0.15, 0.2) is 72.8 Å². The Labute approximate surface area is 143 Å². The van der Waals surface area contributed by atoms with Crippen molar-refractivity contribution in [3.8, 4) is 11.1 Å². The van der Waals surface area contributed by atoms with Crippen molar-refractivity contribution in [3.63, 3.8) is 0 Å². The van der Waals surface area contributed by atoms with Crippen LogP contribution >= 0.6 is 0 Å². The van der Waals surface area contributed by atoms with Crippen LogP contribution in [0.2, 0.25) is 0 Å². The minimum atomic E-state index is 0. The topological polar surface area (TPSA) is 0 Å². The molecule has 0 amide bonds. The van der Waals surface area contributed by atoms with Crippen LogP contribution in [-0.2, 0) is 6.42 Å². The summed E-state index contributed by atoms with van der Waals surface area (Å²) in [5.74, 6) is 0. The van der Waals surface area contributed by atoms with E-state index in [0.29, 0.717) is 0 Å². The van der Waals surface area contributed by atoms with Crippen molar-refractivity contribution >= 4 is 21.5 Å². The average molecular weight is 276 g/mol. The van der Waals surface area contributed by atoms with Gasteiger partial charge in [-0.15, -0.1) is 34.5 Å². The number of aryl methyl sites for hydroxylation is 1. The fourth-order valence-corrected chi connectivity index (χ4v) is 3.20. The molecule has 0 aliphatic heterocycles. The summed E-state index contributed by atoms with van der Waals surface area (Å²) in [6.45, 7) is 2.21. The largest absolute Gasteiger partial charge is 1.00 e. The first-order valence-electron chi connectivity index (χ1n) is 7.53. The molecule has 1 heteroatoms. The van der Waals surface area contributed by atoms with E-state index in [1.165, 1.54) is 38.2 Å². The smallest absolute Gasteiger partial charge is 0.164 e. The second-order valence-corrected chi connectivity index (χ2v) is 5.55. The Morgan fingerprint density at radius 2 is 1.45 bits per heavy atom. The summed E-state index contributed by atoms with van der Waals surface area (Å²) >= 11 is 0. The van der Waals surface area contributed by atoms with E-state index in [-0.39, 0.29) is 18.9 Å². The van der Waals surface area contributed by atoms with Gasteiger partial charge in [0, 0.05) is 0 Å².